The molecule has 0 aliphatic rings. The SMILES string of the molecule is CN(C)S(=O)(=O)c1ccc(Cn2nnc(-c3ccco3)n2)o1. The van der Waals surface area contributed by atoms with E-state index in [-0.39, 0.29) is 11.6 Å². The van der Waals surface area contributed by atoms with Gasteiger partial charge in [-0.1, -0.05) is 0 Å². The molecule has 0 unspecified atom stereocenters. The van der Waals surface area contributed by atoms with Gasteiger partial charge in [-0.2, -0.15) is 4.80 Å². The molecule has 0 atom stereocenters. The standard InChI is InChI=1S/C12H13N5O4S/c1-16(2)22(18,19)11-6-5-9(21-11)8-17-14-12(13-15-17)10-4-3-7-20-10/h3-7H,8H2,1-2H3. The normalized spacial score (nSPS) is 12.1. The Hall–Kier alpha value is -2.46. The summed E-state index contributed by atoms with van der Waals surface area (Å²) in [5.74, 6) is 1.25. The van der Waals surface area contributed by atoms with Crippen molar-refractivity contribution in [3.63, 3.8) is 0 Å². The fraction of sp³-hybridized carbons (Fsp3) is 0.250. The summed E-state index contributed by atoms with van der Waals surface area (Å²) in [5, 5.41) is 11.7. The van der Waals surface area contributed by atoms with E-state index in [0.717, 1.165) is 4.31 Å². The molecule has 0 spiro atoms. The van der Waals surface area contributed by atoms with E-state index in [9.17, 15) is 8.42 Å². The van der Waals surface area contributed by atoms with E-state index in [2.05, 4.69) is 15.4 Å². The van der Waals surface area contributed by atoms with Crippen LogP contribution in [0.4, 0.5) is 0 Å². The topological polar surface area (TPSA) is 107 Å². The predicted molar refractivity (Wildman–Crippen MR) is 74.2 cm³/mol. The van der Waals surface area contributed by atoms with Gasteiger partial charge in [0.25, 0.3) is 10.0 Å². The van der Waals surface area contributed by atoms with Crippen molar-refractivity contribution in [2.24, 2.45) is 0 Å². The van der Waals surface area contributed by atoms with E-state index >= 15 is 0 Å². The van der Waals surface area contributed by atoms with Gasteiger partial charge in [-0.05, 0) is 29.5 Å². The number of hydrogen-bond donors (Lipinski definition) is 0. The van der Waals surface area contributed by atoms with E-state index in [1.807, 2.05) is 0 Å². The average molecular weight is 323 g/mol. The van der Waals surface area contributed by atoms with Crippen LogP contribution < -0.4 is 0 Å². The lowest BCUT2D eigenvalue weighted by atomic mass is 10.4. The Morgan fingerprint density at radius 3 is 2.77 bits per heavy atom. The molecule has 0 saturated heterocycles. The van der Waals surface area contributed by atoms with Crippen molar-refractivity contribution < 1.29 is 17.3 Å². The second kappa shape index (κ2) is 5.39. The maximum absolute atomic E-state index is 11.9. The number of sulfonamides is 1. The number of hydrogen-bond acceptors (Lipinski definition) is 7. The van der Waals surface area contributed by atoms with E-state index in [4.69, 9.17) is 8.83 Å². The van der Waals surface area contributed by atoms with Crippen LogP contribution >= 0.6 is 0 Å². The van der Waals surface area contributed by atoms with Crippen molar-refractivity contribution in [1.82, 2.24) is 24.5 Å². The van der Waals surface area contributed by atoms with Gasteiger partial charge in [0.05, 0.1) is 6.26 Å². The fourth-order valence-corrected chi connectivity index (χ4v) is 2.53. The van der Waals surface area contributed by atoms with Crippen LogP contribution in [0.15, 0.2) is 44.5 Å². The lowest BCUT2D eigenvalue weighted by Gasteiger charge is -2.07. The minimum atomic E-state index is -3.59. The van der Waals surface area contributed by atoms with Gasteiger partial charge in [0.1, 0.15) is 12.3 Å². The molecule has 0 amide bonds. The number of furan rings is 2. The van der Waals surface area contributed by atoms with Crippen molar-refractivity contribution in [3.8, 4) is 11.6 Å². The summed E-state index contributed by atoms with van der Waals surface area (Å²) in [5.41, 5.74) is 0. The molecule has 22 heavy (non-hydrogen) atoms. The van der Waals surface area contributed by atoms with Gasteiger partial charge in [-0.15, -0.1) is 10.2 Å². The highest BCUT2D eigenvalue weighted by molar-refractivity contribution is 7.88. The third-order valence-electron chi connectivity index (χ3n) is 2.86. The molecule has 0 aliphatic heterocycles. The molecule has 10 heteroatoms. The third kappa shape index (κ3) is 2.65. The fourth-order valence-electron chi connectivity index (χ4n) is 1.72. The Morgan fingerprint density at radius 1 is 1.27 bits per heavy atom. The van der Waals surface area contributed by atoms with Crippen molar-refractivity contribution in [3.05, 3.63) is 36.3 Å². The molecule has 3 rings (SSSR count). The monoisotopic (exact) mass is 323 g/mol. The average Bonchev–Trinajstić information content (AvgIpc) is 3.19. The first-order valence-corrected chi connectivity index (χ1v) is 7.74. The third-order valence-corrected chi connectivity index (χ3v) is 4.55. The summed E-state index contributed by atoms with van der Waals surface area (Å²) in [6.07, 6.45) is 1.51. The molecule has 0 aliphatic carbocycles. The Balaban J connectivity index is 1.79. The number of tetrazole rings is 1. The smallest absolute Gasteiger partial charge is 0.275 e. The molecule has 0 aromatic carbocycles. The van der Waals surface area contributed by atoms with Crippen LogP contribution in [-0.4, -0.2) is 47.0 Å². The zero-order valence-electron chi connectivity index (χ0n) is 11.9. The van der Waals surface area contributed by atoms with Crippen molar-refractivity contribution >= 4 is 10.0 Å². The lowest BCUT2D eigenvalue weighted by Crippen LogP contribution is -2.21. The first kappa shape index (κ1) is 14.5. The Kier molecular flexibility index (Phi) is 3.54. The molecule has 3 aromatic heterocycles. The van der Waals surface area contributed by atoms with Crippen molar-refractivity contribution in [2.75, 3.05) is 14.1 Å². The van der Waals surface area contributed by atoms with Gasteiger partial charge in [0.2, 0.25) is 10.9 Å². The van der Waals surface area contributed by atoms with Crippen LogP contribution in [0.25, 0.3) is 11.6 Å². The van der Waals surface area contributed by atoms with E-state index in [1.165, 1.54) is 31.2 Å². The predicted octanol–water partition coefficient (Wildman–Crippen LogP) is 0.825. The van der Waals surface area contributed by atoms with E-state index < -0.39 is 10.0 Å². The quantitative estimate of drug-likeness (QED) is 0.684. The summed E-state index contributed by atoms with van der Waals surface area (Å²) in [7, 11) is -0.719. The van der Waals surface area contributed by atoms with Crippen LogP contribution in [0, 0.1) is 0 Å². The molecule has 116 valence electrons. The zero-order chi connectivity index (χ0) is 15.7. The minimum Gasteiger partial charge on any atom is -0.461 e. The van der Waals surface area contributed by atoms with Gasteiger partial charge >= 0.3 is 0 Å². The lowest BCUT2D eigenvalue weighted by molar-refractivity contribution is 0.378. The van der Waals surface area contributed by atoms with Gasteiger partial charge in [0.15, 0.2) is 5.76 Å². The van der Waals surface area contributed by atoms with Crippen LogP contribution in [0.5, 0.6) is 0 Å². The van der Waals surface area contributed by atoms with Crippen LogP contribution in [0.2, 0.25) is 0 Å². The molecule has 0 fully saturated rings. The Morgan fingerprint density at radius 2 is 2.09 bits per heavy atom. The molecular formula is C12H13N5O4S. The minimum absolute atomic E-state index is 0.126. The Labute approximate surface area is 126 Å². The highest BCUT2D eigenvalue weighted by Crippen LogP contribution is 2.18. The summed E-state index contributed by atoms with van der Waals surface area (Å²) >= 11 is 0. The molecule has 9 nitrogen and oxygen atoms in total. The largest absolute Gasteiger partial charge is 0.461 e. The van der Waals surface area contributed by atoms with Gasteiger partial charge in [-0.25, -0.2) is 12.7 Å². The first-order valence-electron chi connectivity index (χ1n) is 6.30. The summed E-state index contributed by atoms with van der Waals surface area (Å²) in [6.45, 7) is 0.163. The maximum Gasteiger partial charge on any atom is 0.275 e. The summed E-state index contributed by atoms with van der Waals surface area (Å²) in [4.78, 5) is 1.29. The molecule has 0 N–H and O–H groups in total. The van der Waals surface area contributed by atoms with Gasteiger partial charge in [-0.3, -0.25) is 0 Å². The van der Waals surface area contributed by atoms with Crippen LogP contribution in [0.3, 0.4) is 0 Å². The van der Waals surface area contributed by atoms with Crippen LogP contribution in [0.1, 0.15) is 5.76 Å². The summed E-state index contributed by atoms with van der Waals surface area (Å²) in [6, 6.07) is 6.40. The molecular weight excluding hydrogens is 310 g/mol. The number of rotatable bonds is 5. The molecule has 0 saturated carbocycles. The molecule has 3 aromatic rings. The van der Waals surface area contributed by atoms with Gasteiger partial charge in [0, 0.05) is 14.1 Å². The molecule has 0 bridgehead atoms. The highest BCUT2D eigenvalue weighted by atomic mass is 32.2. The number of aromatic nitrogens is 4. The maximum atomic E-state index is 11.9. The number of nitrogens with zero attached hydrogens (tertiary/aromatic N) is 5. The van der Waals surface area contributed by atoms with Gasteiger partial charge < -0.3 is 8.83 Å². The Bertz CT molecular complexity index is 863. The molecule has 3 heterocycles. The van der Waals surface area contributed by atoms with E-state index in [1.54, 1.807) is 18.2 Å². The van der Waals surface area contributed by atoms with E-state index in [0.29, 0.717) is 17.3 Å². The summed E-state index contributed by atoms with van der Waals surface area (Å²) < 4.78 is 35.4. The highest BCUT2D eigenvalue weighted by Gasteiger charge is 2.21. The first-order chi connectivity index (χ1) is 10.5. The van der Waals surface area contributed by atoms with Crippen molar-refractivity contribution in [1.29, 1.82) is 0 Å². The second-order valence-corrected chi connectivity index (χ2v) is 6.71. The van der Waals surface area contributed by atoms with Crippen LogP contribution in [-0.2, 0) is 16.6 Å². The van der Waals surface area contributed by atoms with Crippen molar-refractivity contribution in [2.45, 2.75) is 11.6 Å². The molecule has 0 radical (unpaired) electrons. The second-order valence-electron chi connectivity index (χ2n) is 4.63. The zero-order valence-corrected chi connectivity index (χ0v) is 12.7.